The highest BCUT2D eigenvalue weighted by atomic mass is 16.5. The average Bonchev–Trinajstić information content (AvgIpc) is 3.17. The van der Waals surface area contributed by atoms with Crippen LogP contribution in [0.1, 0.15) is 54.9 Å². The molecule has 0 aromatic heterocycles. The van der Waals surface area contributed by atoms with Crippen molar-refractivity contribution in [1.29, 1.82) is 0 Å². The first-order chi connectivity index (χ1) is 14.6. The fraction of sp³-hybridized carbons (Fsp3) is 0.200. The topological polar surface area (TPSA) is 75.6 Å². The first-order valence-corrected chi connectivity index (χ1v) is 9.97. The van der Waals surface area contributed by atoms with E-state index in [-0.39, 0.29) is 29.4 Å². The van der Waals surface area contributed by atoms with Gasteiger partial charge in [0.1, 0.15) is 0 Å². The second-order valence-corrected chi connectivity index (χ2v) is 7.86. The zero-order valence-electron chi connectivity index (χ0n) is 16.5. The molecule has 0 bridgehead atoms. The van der Waals surface area contributed by atoms with Gasteiger partial charge < -0.3 is 15.2 Å². The fourth-order valence-corrected chi connectivity index (χ4v) is 5.04. The number of rotatable bonds is 3. The van der Waals surface area contributed by atoms with Gasteiger partial charge in [0.15, 0.2) is 0 Å². The molecule has 0 amide bonds. The van der Waals surface area contributed by atoms with Crippen LogP contribution in [0.5, 0.6) is 0 Å². The van der Waals surface area contributed by atoms with Crippen LogP contribution in [0.15, 0.2) is 66.7 Å². The van der Waals surface area contributed by atoms with E-state index in [0.717, 1.165) is 17.5 Å². The van der Waals surface area contributed by atoms with Crippen molar-refractivity contribution in [3.05, 3.63) is 100 Å². The molecule has 0 unspecified atom stereocenters. The first-order valence-electron chi connectivity index (χ1n) is 9.97. The van der Waals surface area contributed by atoms with E-state index >= 15 is 0 Å². The maximum Gasteiger partial charge on any atom is 0.337 e. The van der Waals surface area contributed by atoms with Gasteiger partial charge in [-0.05, 0) is 52.8 Å². The molecule has 150 valence electrons. The summed E-state index contributed by atoms with van der Waals surface area (Å²) in [5.74, 6) is -0.934. The summed E-state index contributed by atoms with van der Waals surface area (Å²) in [6, 6.07) is 21.2. The molecule has 1 heterocycles. The molecule has 2 N–H and O–H groups in total. The number of benzene rings is 3. The number of carbonyl (C=O) groups excluding carboxylic acids is 1. The second kappa shape index (κ2) is 7.02. The van der Waals surface area contributed by atoms with Crippen LogP contribution in [0.25, 0.3) is 0 Å². The molecule has 3 aromatic rings. The van der Waals surface area contributed by atoms with Crippen molar-refractivity contribution >= 4 is 17.6 Å². The third-order valence-corrected chi connectivity index (χ3v) is 6.35. The van der Waals surface area contributed by atoms with Crippen LogP contribution in [-0.4, -0.2) is 24.2 Å². The summed E-state index contributed by atoms with van der Waals surface area (Å²) < 4.78 is 4.80. The van der Waals surface area contributed by atoms with E-state index in [1.807, 2.05) is 30.3 Å². The summed E-state index contributed by atoms with van der Waals surface area (Å²) in [6.45, 7) is 0. The van der Waals surface area contributed by atoms with Gasteiger partial charge >= 0.3 is 11.9 Å². The highest BCUT2D eigenvalue weighted by Crippen LogP contribution is 2.54. The standard InChI is InChI=1S/C25H21NO4/c1-30-25(29)15-11-9-14(10-12-15)22-20-13-16-5-2-3-6-17(16)21(20)18-7-4-8-19(24(27)28)23(18)26-22/h2-12,20-22,26H,13H2,1H3,(H,27,28)/t20-,21-,22+/m1/s1. The molecule has 0 radical (unpaired) electrons. The number of carbonyl (C=O) groups is 2. The molecule has 1 aliphatic carbocycles. The van der Waals surface area contributed by atoms with Gasteiger partial charge in [-0.2, -0.15) is 0 Å². The number of hydrogen-bond donors (Lipinski definition) is 2. The molecule has 3 aromatic carbocycles. The van der Waals surface area contributed by atoms with E-state index in [4.69, 9.17) is 4.74 Å². The van der Waals surface area contributed by atoms with Gasteiger partial charge in [0.2, 0.25) is 0 Å². The van der Waals surface area contributed by atoms with Gasteiger partial charge in [-0.3, -0.25) is 0 Å². The zero-order chi connectivity index (χ0) is 20.8. The SMILES string of the molecule is COC(=O)c1ccc([C@@H]2Nc3c(C(=O)O)cccc3[C@H]3c4ccccc4C[C@H]32)cc1. The van der Waals surface area contributed by atoms with Gasteiger partial charge in [-0.15, -0.1) is 0 Å². The Morgan fingerprint density at radius 1 is 0.967 bits per heavy atom. The molecule has 0 fully saturated rings. The summed E-state index contributed by atoms with van der Waals surface area (Å²) in [5.41, 5.74) is 6.10. The third kappa shape index (κ3) is 2.77. The van der Waals surface area contributed by atoms with Gasteiger partial charge in [0.25, 0.3) is 0 Å². The fourth-order valence-electron chi connectivity index (χ4n) is 5.04. The lowest BCUT2D eigenvalue weighted by Gasteiger charge is -2.38. The van der Waals surface area contributed by atoms with Crippen molar-refractivity contribution in [3.63, 3.8) is 0 Å². The Labute approximate surface area is 174 Å². The molecule has 3 atom stereocenters. The number of anilines is 1. The van der Waals surface area contributed by atoms with E-state index in [9.17, 15) is 14.7 Å². The Kier molecular flexibility index (Phi) is 4.31. The molecular weight excluding hydrogens is 378 g/mol. The minimum Gasteiger partial charge on any atom is -0.478 e. The molecule has 0 saturated heterocycles. The Morgan fingerprint density at radius 2 is 1.70 bits per heavy atom. The molecule has 2 aliphatic rings. The van der Waals surface area contributed by atoms with Crippen LogP contribution in [-0.2, 0) is 11.2 Å². The van der Waals surface area contributed by atoms with E-state index in [1.54, 1.807) is 18.2 Å². The van der Waals surface area contributed by atoms with Gasteiger partial charge in [0.05, 0.1) is 30.0 Å². The molecule has 5 heteroatoms. The molecule has 5 nitrogen and oxygen atoms in total. The minimum absolute atomic E-state index is 0.0675. The highest BCUT2D eigenvalue weighted by molar-refractivity contribution is 5.96. The minimum atomic E-state index is -0.941. The van der Waals surface area contributed by atoms with Crippen LogP contribution in [0.4, 0.5) is 5.69 Å². The average molecular weight is 399 g/mol. The van der Waals surface area contributed by atoms with E-state index in [1.165, 1.54) is 18.2 Å². The summed E-state index contributed by atoms with van der Waals surface area (Å²) >= 11 is 0. The number of carboxylic acid groups (broad SMARTS) is 1. The second-order valence-electron chi connectivity index (χ2n) is 7.86. The Hall–Kier alpha value is -3.60. The smallest absolute Gasteiger partial charge is 0.337 e. The maximum absolute atomic E-state index is 11.9. The third-order valence-electron chi connectivity index (χ3n) is 6.35. The quantitative estimate of drug-likeness (QED) is 0.628. The molecule has 30 heavy (non-hydrogen) atoms. The predicted octanol–water partition coefficient (Wildman–Crippen LogP) is 4.64. The Bertz CT molecular complexity index is 1150. The lowest BCUT2D eigenvalue weighted by Crippen LogP contribution is -2.31. The molecule has 0 saturated carbocycles. The van der Waals surface area contributed by atoms with Crippen LogP contribution >= 0.6 is 0 Å². The number of fused-ring (bicyclic) bond motifs is 5. The van der Waals surface area contributed by atoms with Crippen LogP contribution in [0, 0.1) is 5.92 Å². The number of ether oxygens (including phenoxy) is 1. The van der Waals surface area contributed by atoms with Gasteiger partial charge in [-0.25, -0.2) is 9.59 Å². The van der Waals surface area contributed by atoms with E-state index in [2.05, 4.69) is 23.5 Å². The molecular formula is C25H21NO4. The monoisotopic (exact) mass is 399 g/mol. The van der Waals surface area contributed by atoms with Crippen molar-refractivity contribution in [2.75, 3.05) is 12.4 Å². The van der Waals surface area contributed by atoms with Crippen LogP contribution < -0.4 is 5.32 Å². The summed E-state index contributed by atoms with van der Waals surface area (Å²) in [4.78, 5) is 23.7. The normalized spacial score (nSPS) is 21.0. The lowest BCUT2D eigenvalue weighted by molar-refractivity contribution is 0.0599. The van der Waals surface area contributed by atoms with E-state index < -0.39 is 5.97 Å². The van der Waals surface area contributed by atoms with Crippen molar-refractivity contribution in [2.24, 2.45) is 5.92 Å². The number of esters is 1. The largest absolute Gasteiger partial charge is 0.478 e. The molecule has 5 rings (SSSR count). The number of para-hydroxylation sites is 1. The summed E-state index contributed by atoms with van der Waals surface area (Å²) in [7, 11) is 1.36. The number of hydrogen-bond acceptors (Lipinski definition) is 4. The van der Waals surface area contributed by atoms with Crippen LogP contribution in [0.3, 0.4) is 0 Å². The highest BCUT2D eigenvalue weighted by Gasteiger charge is 2.44. The van der Waals surface area contributed by atoms with Crippen LogP contribution in [0.2, 0.25) is 0 Å². The number of methoxy groups -OCH3 is 1. The first kappa shape index (κ1) is 18.4. The van der Waals surface area contributed by atoms with Crippen molar-refractivity contribution in [1.82, 2.24) is 0 Å². The lowest BCUT2D eigenvalue weighted by atomic mass is 9.75. The zero-order valence-corrected chi connectivity index (χ0v) is 16.5. The number of nitrogens with one attached hydrogen (secondary N) is 1. The van der Waals surface area contributed by atoms with E-state index in [0.29, 0.717) is 11.3 Å². The van der Waals surface area contributed by atoms with Crippen molar-refractivity contribution in [2.45, 2.75) is 18.4 Å². The van der Waals surface area contributed by atoms with Crippen molar-refractivity contribution < 1.29 is 19.4 Å². The summed E-state index contributed by atoms with van der Waals surface area (Å²) in [6.07, 6.45) is 0.911. The number of aromatic carboxylic acids is 1. The Balaban J connectivity index is 1.64. The van der Waals surface area contributed by atoms with Gasteiger partial charge in [0, 0.05) is 5.92 Å². The predicted molar refractivity (Wildman–Crippen MR) is 113 cm³/mol. The maximum atomic E-state index is 11.9. The Morgan fingerprint density at radius 3 is 2.43 bits per heavy atom. The summed E-state index contributed by atoms with van der Waals surface area (Å²) in [5, 5.41) is 13.3. The molecule has 0 spiro atoms. The van der Waals surface area contributed by atoms with Gasteiger partial charge in [-0.1, -0.05) is 48.5 Å². The number of carboxylic acids is 1. The molecule has 1 aliphatic heterocycles. The van der Waals surface area contributed by atoms with Crippen molar-refractivity contribution in [3.8, 4) is 0 Å².